The zero-order valence-electron chi connectivity index (χ0n) is 12.1. The van der Waals surface area contributed by atoms with Crippen LogP contribution < -0.4 is 10.6 Å². The van der Waals surface area contributed by atoms with Crippen molar-refractivity contribution in [3.8, 4) is 0 Å². The molecule has 2 N–H and O–H groups in total. The van der Waals surface area contributed by atoms with Crippen LogP contribution in [0.2, 0.25) is 0 Å². The first-order chi connectivity index (χ1) is 8.88. The maximum absolute atomic E-state index is 11.4. The lowest BCUT2D eigenvalue weighted by Gasteiger charge is -2.20. The summed E-state index contributed by atoms with van der Waals surface area (Å²) >= 11 is 0. The summed E-state index contributed by atoms with van der Waals surface area (Å²) in [6.45, 7) is 8.82. The van der Waals surface area contributed by atoms with Gasteiger partial charge in [0.1, 0.15) is 5.60 Å². The molecule has 1 aromatic heterocycles. The number of amides is 1. The number of nitrogens with zero attached hydrogens (tertiary/aromatic N) is 1. The van der Waals surface area contributed by atoms with E-state index in [0.717, 1.165) is 0 Å². The number of carbonyl (C=O) groups excluding carboxylic acids is 1. The molecule has 1 amide bonds. The third-order valence-electron chi connectivity index (χ3n) is 2.45. The summed E-state index contributed by atoms with van der Waals surface area (Å²) in [7, 11) is 0. The second kappa shape index (κ2) is 7.09. The second-order valence-electron chi connectivity index (χ2n) is 5.39. The Kier molecular flexibility index (Phi) is 5.76. The minimum Gasteiger partial charge on any atom is -0.444 e. The van der Waals surface area contributed by atoms with E-state index >= 15 is 0 Å². The van der Waals surface area contributed by atoms with Crippen molar-refractivity contribution in [1.82, 2.24) is 15.6 Å². The van der Waals surface area contributed by atoms with Crippen LogP contribution in [-0.2, 0) is 4.74 Å². The van der Waals surface area contributed by atoms with Gasteiger partial charge in [-0.05, 0) is 45.4 Å². The summed E-state index contributed by atoms with van der Waals surface area (Å²) in [5, 5.41) is 6.03. The van der Waals surface area contributed by atoms with Gasteiger partial charge in [0.2, 0.25) is 0 Å². The Balaban J connectivity index is 2.19. The van der Waals surface area contributed by atoms with Gasteiger partial charge in [0, 0.05) is 31.5 Å². The SMILES string of the molecule is C[C@H](NCCNC(=O)OC(C)(C)C)c1ccncc1. The quantitative estimate of drug-likeness (QED) is 0.802. The van der Waals surface area contributed by atoms with Gasteiger partial charge in [-0.2, -0.15) is 0 Å². The van der Waals surface area contributed by atoms with Gasteiger partial charge >= 0.3 is 6.09 Å². The van der Waals surface area contributed by atoms with E-state index in [2.05, 4.69) is 22.5 Å². The predicted molar refractivity (Wildman–Crippen MR) is 74.9 cm³/mol. The molecule has 0 saturated carbocycles. The van der Waals surface area contributed by atoms with Gasteiger partial charge in [-0.25, -0.2) is 4.79 Å². The third-order valence-corrected chi connectivity index (χ3v) is 2.45. The summed E-state index contributed by atoms with van der Waals surface area (Å²) in [6.07, 6.45) is 3.16. The lowest BCUT2D eigenvalue weighted by molar-refractivity contribution is 0.0528. The highest BCUT2D eigenvalue weighted by atomic mass is 16.6. The topological polar surface area (TPSA) is 63.2 Å². The van der Waals surface area contributed by atoms with Crippen molar-refractivity contribution in [2.75, 3.05) is 13.1 Å². The van der Waals surface area contributed by atoms with Gasteiger partial charge in [0.05, 0.1) is 0 Å². The zero-order valence-corrected chi connectivity index (χ0v) is 12.1. The van der Waals surface area contributed by atoms with E-state index in [1.807, 2.05) is 32.9 Å². The van der Waals surface area contributed by atoms with E-state index in [9.17, 15) is 4.79 Å². The van der Waals surface area contributed by atoms with E-state index in [1.165, 1.54) is 5.56 Å². The average molecular weight is 265 g/mol. The molecule has 1 heterocycles. The van der Waals surface area contributed by atoms with Crippen LogP contribution in [0.5, 0.6) is 0 Å². The molecular weight excluding hydrogens is 242 g/mol. The lowest BCUT2D eigenvalue weighted by atomic mass is 10.1. The standard InChI is InChI=1S/C14H23N3O2/c1-11(12-5-7-15-8-6-12)16-9-10-17-13(18)19-14(2,3)4/h5-8,11,16H,9-10H2,1-4H3,(H,17,18)/t11-/m0/s1. The maximum atomic E-state index is 11.4. The molecule has 1 atom stereocenters. The molecule has 5 nitrogen and oxygen atoms in total. The Morgan fingerprint density at radius 2 is 1.95 bits per heavy atom. The molecule has 5 heteroatoms. The lowest BCUT2D eigenvalue weighted by Crippen LogP contribution is -2.36. The smallest absolute Gasteiger partial charge is 0.407 e. The first kappa shape index (κ1) is 15.4. The van der Waals surface area contributed by atoms with Crippen molar-refractivity contribution in [2.45, 2.75) is 39.3 Å². The number of aromatic nitrogens is 1. The van der Waals surface area contributed by atoms with Crippen molar-refractivity contribution in [3.05, 3.63) is 30.1 Å². The molecular formula is C14H23N3O2. The third kappa shape index (κ3) is 6.76. The second-order valence-corrected chi connectivity index (χ2v) is 5.39. The van der Waals surface area contributed by atoms with Gasteiger partial charge in [-0.1, -0.05) is 0 Å². The van der Waals surface area contributed by atoms with Crippen molar-refractivity contribution in [3.63, 3.8) is 0 Å². The predicted octanol–water partition coefficient (Wildman–Crippen LogP) is 2.26. The van der Waals surface area contributed by atoms with Crippen molar-refractivity contribution in [2.24, 2.45) is 0 Å². The molecule has 0 aliphatic carbocycles. The van der Waals surface area contributed by atoms with E-state index in [-0.39, 0.29) is 12.1 Å². The van der Waals surface area contributed by atoms with Crippen LogP contribution in [-0.4, -0.2) is 29.8 Å². The van der Waals surface area contributed by atoms with E-state index in [0.29, 0.717) is 13.1 Å². The van der Waals surface area contributed by atoms with Gasteiger partial charge in [-0.3, -0.25) is 4.98 Å². The molecule has 0 radical (unpaired) electrons. The Labute approximate surface area is 114 Å². The van der Waals surface area contributed by atoms with Gasteiger partial charge < -0.3 is 15.4 Å². The molecule has 0 unspecified atom stereocenters. The van der Waals surface area contributed by atoms with Gasteiger partial charge in [-0.15, -0.1) is 0 Å². The maximum Gasteiger partial charge on any atom is 0.407 e. The van der Waals surface area contributed by atoms with E-state index < -0.39 is 5.60 Å². The molecule has 0 aliphatic rings. The molecule has 0 saturated heterocycles. The molecule has 106 valence electrons. The Bertz CT molecular complexity index is 387. The fourth-order valence-corrected chi connectivity index (χ4v) is 1.54. The van der Waals surface area contributed by atoms with Gasteiger partial charge in [0.15, 0.2) is 0 Å². The molecule has 0 bridgehead atoms. The monoisotopic (exact) mass is 265 g/mol. The summed E-state index contributed by atoms with van der Waals surface area (Å²) in [4.78, 5) is 15.4. The van der Waals surface area contributed by atoms with Crippen LogP contribution in [0.3, 0.4) is 0 Å². The molecule has 0 aromatic carbocycles. The fourth-order valence-electron chi connectivity index (χ4n) is 1.54. The first-order valence-corrected chi connectivity index (χ1v) is 6.48. The fraction of sp³-hybridized carbons (Fsp3) is 0.571. The highest BCUT2D eigenvalue weighted by Gasteiger charge is 2.15. The largest absolute Gasteiger partial charge is 0.444 e. The van der Waals surface area contributed by atoms with Crippen LogP contribution in [0, 0.1) is 0 Å². The van der Waals surface area contributed by atoms with Crippen LogP contribution >= 0.6 is 0 Å². The van der Waals surface area contributed by atoms with Crippen LogP contribution in [0.4, 0.5) is 4.79 Å². The highest BCUT2D eigenvalue weighted by molar-refractivity contribution is 5.67. The number of rotatable bonds is 5. The molecule has 1 rings (SSSR count). The Morgan fingerprint density at radius 1 is 1.32 bits per heavy atom. The number of nitrogens with one attached hydrogen (secondary N) is 2. The van der Waals surface area contributed by atoms with Crippen molar-refractivity contribution < 1.29 is 9.53 Å². The van der Waals surface area contributed by atoms with Crippen LogP contribution in [0.15, 0.2) is 24.5 Å². The normalized spacial score (nSPS) is 12.8. The molecule has 0 aliphatic heterocycles. The Hall–Kier alpha value is -1.62. The summed E-state index contributed by atoms with van der Waals surface area (Å²) in [6, 6.07) is 4.17. The van der Waals surface area contributed by atoms with Crippen LogP contribution in [0.1, 0.15) is 39.3 Å². The van der Waals surface area contributed by atoms with Crippen molar-refractivity contribution >= 4 is 6.09 Å². The average Bonchev–Trinajstić information content (AvgIpc) is 2.33. The number of carbonyl (C=O) groups is 1. The van der Waals surface area contributed by atoms with E-state index in [4.69, 9.17) is 4.74 Å². The zero-order chi connectivity index (χ0) is 14.3. The number of pyridine rings is 1. The summed E-state index contributed by atoms with van der Waals surface area (Å²) in [5.74, 6) is 0. The molecule has 1 aromatic rings. The van der Waals surface area contributed by atoms with Crippen molar-refractivity contribution in [1.29, 1.82) is 0 Å². The number of hydrogen-bond acceptors (Lipinski definition) is 4. The summed E-state index contributed by atoms with van der Waals surface area (Å²) in [5.41, 5.74) is 0.717. The Morgan fingerprint density at radius 3 is 2.53 bits per heavy atom. The minimum absolute atomic E-state index is 0.225. The number of ether oxygens (including phenoxy) is 1. The van der Waals surface area contributed by atoms with Crippen LogP contribution in [0.25, 0.3) is 0 Å². The highest BCUT2D eigenvalue weighted by Crippen LogP contribution is 2.09. The molecule has 0 fully saturated rings. The van der Waals surface area contributed by atoms with E-state index in [1.54, 1.807) is 12.4 Å². The molecule has 0 spiro atoms. The number of alkyl carbamates (subject to hydrolysis) is 1. The minimum atomic E-state index is -0.457. The van der Waals surface area contributed by atoms with Gasteiger partial charge in [0.25, 0.3) is 0 Å². The summed E-state index contributed by atoms with van der Waals surface area (Å²) < 4.78 is 5.14. The number of hydrogen-bond donors (Lipinski definition) is 2. The molecule has 19 heavy (non-hydrogen) atoms. The first-order valence-electron chi connectivity index (χ1n) is 6.48.